The van der Waals surface area contributed by atoms with Crippen LogP contribution < -0.4 is 26.2 Å². The molecule has 0 unspecified atom stereocenters. The number of ether oxygens (including phenoxy) is 1. The third kappa shape index (κ3) is 2.63. The quantitative estimate of drug-likeness (QED) is 0.617. The van der Waals surface area contributed by atoms with Gasteiger partial charge in [0.05, 0.1) is 28.1 Å². The minimum Gasteiger partial charge on any atom is -0.454 e. The molecule has 0 fully saturated rings. The summed E-state index contributed by atoms with van der Waals surface area (Å²) in [5.41, 5.74) is 6.53. The summed E-state index contributed by atoms with van der Waals surface area (Å²) in [6, 6.07) is 12.9. The number of carbonyl (C=O) groups is 3. The molecule has 0 aliphatic carbocycles. The third-order valence-corrected chi connectivity index (χ3v) is 5.34. The van der Waals surface area contributed by atoms with Crippen molar-refractivity contribution in [3.63, 3.8) is 0 Å². The molecule has 9 heteroatoms. The number of carbonyl (C=O) groups excluding carboxylic acids is 3. The van der Waals surface area contributed by atoms with E-state index in [4.69, 9.17) is 10.5 Å². The third-order valence-electron chi connectivity index (χ3n) is 5.34. The van der Waals surface area contributed by atoms with Crippen LogP contribution in [-0.2, 0) is 0 Å². The van der Waals surface area contributed by atoms with E-state index in [1.165, 1.54) is 6.07 Å². The Kier molecular flexibility index (Phi) is 3.94. The molecule has 3 aromatic rings. The molecule has 2 aliphatic heterocycles. The first kappa shape index (κ1) is 18.6. The minimum absolute atomic E-state index is 0.0643. The van der Waals surface area contributed by atoms with E-state index in [0.717, 1.165) is 10.6 Å². The summed E-state index contributed by atoms with van der Waals surface area (Å²) in [6.07, 6.45) is 0. The van der Waals surface area contributed by atoms with Crippen LogP contribution in [-0.4, -0.2) is 28.8 Å². The zero-order valence-electron chi connectivity index (χ0n) is 16.3. The molecule has 9 nitrogen and oxygen atoms in total. The number of imide groups is 1. The van der Waals surface area contributed by atoms with E-state index >= 15 is 0 Å². The Hall–Kier alpha value is -4.40. The van der Waals surface area contributed by atoms with Gasteiger partial charge >= 0.3 is 0 Å². The number of pyridine rings is 1. The van der Waals surface area contributed by atoms with Crippen LogP contribution in [0.5, 0.6) is 11.5 Å². The number of amides is 3. The summed E-state index contributed by atoms with van der Waals surface area (Å²) in [7, 11) is 0. The van der Waals surface area contributed by atoms with E-state index in [0.29, 0.717) is 23.7 Å². The lowest BCUT2D eigenvalue weighted by Gasteiger charge is -2.20. The molecule has 2 aliphatic rings. The largest absolute Gasteiger partial charge is 0.454 e. The van der Waals surface area contributed by atoms with Gasteiger partial charge in [-0.15, -0.1) is 0 Å². The molecule has 0 saturated heterocycles. The van der Waals surface area contributed by atoms with Gasteiger partial charge in [0.25, 0.3) is 23.3 Å². The molecule has 1 aromatic heterocycles. The van der Waals surface area contributed by atoms with Crippen LogP contribution in [0.2, 0.25) is 0 Å². The molecule has 0 bridgehead atoms. The average molecular weight is 416 g/mol. The second-order valence-electron chi connectivity index (χ2n) is 7.07. The van der Waals surface area contributed by atoms with Gasteiger partial charge in [-0.2, -0.15) is 0 Å². The summed E-state index contributed by atoms with van der Waals surface area (Å²) in [5.74, 6) is -0.953. The maximum atomic E-state index is 13.3. The van der Waals surface area contributed by atoms with Crippen LogP contribution in [0.15, 0.2) is 53.3 Å². The molecular formula is C22H16N4O5. The lowest BCUT2D eigenvalue weighted by Crippen LogP contribution is -2.30. The van der Waals surface area contributed by atoms with Crippen LogP contribution >= 0.6 is 0 Å². The fourth-order valence-corrected chi connectivity index (χ4v) is 3.91. The average Bonchev–Trinajstić information content (AvgIpc) is 2.96. The van der Waals surface area contributed by atoms with Crippen molar-refractivity contribution in [2.75, 3.05) is 17.2 Å². The summed E-state index contributed by atoms with van der Waals surface area (Å²) < 4.78 is 7.07. The van der Waals surface area contributed by atoms with Gasteiger partial charge in [0.15, 0.2) is 5.75 Å². The predicted molar refractivity (Wildman–Crippen MR) is 112 cm³/mol. The van der Waals surface area contributed by atoms with E-state index in [-0.39, 0.29) is 34.1 Å². The van der Waals surface area contributed by atoms with Gasteiger partial charge in [0.1, 0.15) is 11.6 Å². The summed E-state index contributed by atoms with van der Waals surface area (Å²) in [5, 5.41) is 2.13. The topological polar surface area (TPSA) is 124 Å². The van der Waals surface area contributed by atoms with E-state index in [1.807, 2.05) is 19.1 Å². The molecule has 0 atom stereocenters. The highest BCUT2D eigenvalue weighted by Gasteiger charge is 2.33. The van der Waals surface area contributed by atoms with E-state index < -0.39 is 17.4 Å². The van der Waals surface area contributed by atoms with Crippen molar-refractivity contribution < 1.29 is 19.1 Å². The summed E-state index contributed by atoms with van der Waals surface area (Å²) in [6.45, 7) is 2.26. The van der Waals surface area contributed by atoms with Crippen molar-refractivity contribution in [3.8, 4) is 17.2 Å². The highest BCUT2D eigenvalue weighted by molar-refractivity contribution is 6.23. The first-order valence-electron chi connectivity index (χ1n) is 9.55. The monoisotopic (exact) mass is 416 g/mol. The molecule has 0 saturated carbocycles. The minimum atomic E-state index is -0.673. The Balaban J connectivity index is 1.70. The maximum Gasteiger partial charge on any atom is 0.262 e. The van der Waals surface area contributed by atoms with Crippen molar-refractivity contribution in [1.29, 1.82) is 0 Å². The Morgan fingerprint density at radius 3 is 2.48 bits per heavy atom. The number of nitrogens with zero attached hydrogens (tertiary/aromatic N) is 2. The first-order valence-corrected chi connectivity index (χ1v) is 9.55. The number of benzene rings is 2. The smallest absolute Gasteiger partial charge is 0.262 e. The van der Waals surface area contributed by atoms with Crippen molar-refractivity contribution >= 4 is 29.2 Å². The zero-order valence-corrected chi connectivity index (χ0v) is 16.3. The van der Waals surface area contributed by atoms with Gasteiger partial charge in [-0.05, 0) is 37.3 Å². The van der Waals surface area contributed by atoms with Gasteiger partial charge < -0.3 is 15.4 Å². The van der Waals surface area contributed by atoms with Gasteiger partial charge in [-0.1, -0.05) is 12.1 Å². The Morgan fingerprint density at radius 2 is 1.71 bits per heavy atom. The molecule has 5 rings (SSSR count). The normalized spacial score (nSPS) is 14.4. The number of anilines is 2. The lowest BCUT2D eigenvalue weighted by molar-refractivity contribution is 0.0878. The second-order valence-corrected chi connectivity index (χ2v) is 7.07. The molecule has 0 spiro atoms. The number of rotatable bonds is 2. The fraction of sp³-hybridized carbons (Fsp3) is 0.0909. The Labute approximate surface area is 175 Å². The molecule has 31 heavy (non-hydrogen) atoms. The lowest BCUT2D eigenvalue weighted by atomic mass is 10.1. The number of hydrogen-bond donors (Lipinski definition) is 2. The maximum absolute atomic E-state index is 13.3. The standard InChI is InChI=1S/C22H16N4O5/c1-2-25-14-5-3-4-6-16(14)31-15-8-7-11(9-12(15)22(25)30)26-17(27)10-13-18(19(26)23)21(29)24-20(13)28/h3-10H,2,23H2,1H3,(H,24,28,29). The number of nitrogens with two attached hydrogens (primary N) is 1. The SMILES string of the molecule is CCN1C(=O)c2cc(-n3c(N)c4c(cc3=O)C(=O)NC4=O)ccc2Oc2ccccc21. The predicted octanol–water partition coefficient (Wildman–Crippen LogP) is 2.08. The number of nitrogens with one attached hydrogen (secondary N) is 1. The van der Waals surface area contributed by atoms with Crippen molar-refractivity contribution in [2.24, 2.45) is 0 Å². The van der Waals surface area contributed by atoms with Crippen molar-refractivity contribution in [3.05, 3.63) is 75.6 Å². The van der Waals surface area contributed by atoms with Crippen LogP contribution in [0.25, 0.3) is 5.69 Å². The van der Waals surface area contributed by atoms with Crippen LogP contribution in [0.4, 0.5) is 11.5 Å². The molecule has 2 aromatic carbocycles. The highest BCUT2D eigenvalue weighted by atomic mass is 16.5. The van der Waals surface area contributed by atoms with E-state index in [2.05, 4.69) is 5.32 Å². The number of fused-ring (bicyclic) bond motifs is 3. The Morgan fingerprint density at radius 1 is 0.935 bits per heavy atom. The Bertz CT molecular complexity index is 1370. The van der Waals surface area contributed by atoms with Crippen LogP contribution in [0.1, 0.15) is 38.0 Å². The highest BCUT2D eigenvalue weighted by Crippen LogP contribution is 2.39. The molecule has 0 radical (unpaired) electrons. The fourth-order valence-electron chi connectivity index (χ4n) is 3.91. The molecule has 3 amide bonds. The second kappa shape index (κ2) is 6.56. The number of nitrogen functional groups attached to an aromatic ring is 1. The van der Waals surface area contributed by atoms with E-state index in [9.17, 15) is 19.2 Å². The molecule has 3 N–H and O–H groups in total. The zero-order chi connectivity index (χ0) is 21.9. The number of hydrogen-bond acceptors (Lipinski definition) is 6. The van der Waals surface area contributed by atoms with E-state index in [1.54, 1.807) is 29.2 Å². The summed E-state index contributed by atoms with van der Waals surface area (Å²) >= 11 is 0. The van der Waals surface area contributed by atoms with Crippen LogP contribution in [0, 0.1) is 0 Å². The van der Waals surface area contributed by atoms with Gasteiger partial charge in [0, 0.05) is 12.6 Å². The van der Waals surface area contributed by atoms with Gasteiger partial charge in [-0.25, -0.2) is 0 Å². The summed E-state index contributed by atoms with van der Waals surface area (Å²) in [4.78, 5) is 51.6. The molecular weight excluding hydrogens is 400 g/mol. The van der Waals surface area contributed by atoms with Crippen molar-refractivity contribution in [2.45, 2.75) is 6.92 Å². The molecule has 3 heterocycles. The van der Waals surface area contributed by atoms with Gasteiger partial charge in [-0.3, -0.25) is 29.1 Å². The number of aromatic nitrogens is 1. The van der Waals surface area contributed by atoms with Crippen LogP contribution in [0.3, 0.4) is 0 Å². The first-order chi connectivity index (χ1) is 14.9. The van der Waals surface area contributed by atoms with Crippen molar-refractivity contribution in [1.82, 2.24) is 9.88 Å². The molecule has 154 valence electrons. The number of para-hydroxylation sites is 2. The van der Waals surface area contributed by atoms with Gasteiger partial charge in [0.2, 0.25) is 0 Å².